The van der Waals surface area contributed by atoms with Gasteiger partial charge in [0.1, 0.15) is 78.3 Å². The molecule has 32 N–H and O–H groups in total. The van der Waals surface area contributed by atoms with Crippen LogP contribution in [0.15, 0.2) is 67.1 Å². The van der Waals surface area contributed by atoms with Crippen molar-refractivity contribution in [2.24, 2.45) is 40.5 Å². The number of benzene rings is 2. The molecule has 2 heterocycles. The number of aliphatic carboxylic acids is 1. The van der Waals surface area contributed by atoms with Crippen LogP contribution in [0.1, 0.15) is 142 Å². The van der Waals surface area contributed by atoms with E-state index in [1.54, 1.807) is 58.0 Å². The van der Waals surface area contributed by atoms with Crippen LogP contribution in [0.3, 0.4) is 0 Å². The van der Waals surface area contributed by atoms with Crippen LogP contribution >= 0.6 is 0 Å². The molecule has 1 aliphatic rings. The van der Waals surface area contributed by atoms with Gasteiger partial charge in [-0.3, -0.25) is 82.7 Å². The Kier molecular flexibility index (Phi) is 43.8. The first-order valence-corrected chi connectivity index (χ1v) is 40.6. The van der Waals surface area contributed by atoms with E-state index in [0.717, 1.165) is 13.8 Å². The lowest BCUT2D eigenvalue weighted by Gasteiger charge is -2.29. The molecule has 0 unspecified atom stereocenters. The van der Waals surface area contributed by atoms with Crippen molar-refractivity contribution in [2.45, 2.75) is 236 Å². The third kappa shape index (κ3) is 35.9. The zero-order valence-corrected chi connectivity index (χ0v) is 70.1. The van der Waals surface area contributed by atoms with Gasteiger partial charge in [0.25, 0.3) is 0 Å². The lowest BCUT2D eigenvalue weighted by molar-refractivity contribution is -0.144. The summed E-state index contributed by atoms with van der Waals surface area (Å²) < 4.78 is 0. The van der Waals surface area contributed by atoms with E-state index in [-0.39, 0.29) is 95.7 Å². The number of carboxylic acid groups (broad SMARTS) is 1. The lowest BCUT2D eigenvalue weighted by atomic mass is 9.96. The number of hydrogen-bond acceptors (Lipinski definition) is 24. The van der Waals surface area contributed by atoms with Crippen LogP contribution < -0.4 is 108 Å². The standard InChI is InChI=1S/C78H123N25O20/c1-8-40(3)60(100-70(116)54(34-47-36-86-39-91-47)97-73(119)61(41(4)9-2)99-65(111)49(80)20-15-29-87-77(82)83)72(118)90-38-59(109)103-31-17-23-56(103)71(117)89-37-58(108)93-50(22-16-30-88-78(84)85)66(112)92-42(5)64(110)95-52(32-45-18-11-10-12-19-45)68(114)96-53(33-46-24-26-48(106)27-25-46)69(115)101-63(44(7)105)75(121)102-62(43(6)104)74(120)94-51(21-13-14-28-79)67(113)98-55(76(122)123)35-57(81)107/h10-12,18-19,24-27,36,39-44,49-56,60-63,104-106H,8-9,13-17,20-23,28-35,37-38,79-80H2,1-7H3,(H2,81,107)(H,86,91)(H,89,117)(H,90,118)(H,92,112)(H,93,108)(H,94,120)(H,95,110)(H,96,114)(H,97,119)(H,98,113)(H,99,111)(H,100,116)(H,101,115)(H,102,121)(H,122,123)(H4,82,83,87)(H4,84,85,88)/t40-,41-,42-,43+,44+,49-,50-,51-,52-,53-,54-,55-,56-,60-,61-,62-,63-/m0/s1. The number of aromatic nitrogens is 2. The first-order chi connectivity index (χ1) is 58.2. The molecular formula is C78H123N25O20. The summed E-state index contributed by atoms with van der Waals surface area (Å²) in [7, 11) is 0. The number of guanidine groups is 2. The summed E-state index contributed by atoms with van der Waals surface area (Å²) in [6.07, 6.45) is -0.203. The first-order valence-electron chi connectivity index (χ1n) is 40.6. The van der Waals surface area contributed by atoms with E-state index in [9.17, 15) is 97.1 Å². The van der Waals surface area contributed by atoms with Gasteiger partial charge in [0.2, 0.25) is 88.6 Å². The van der Waals surface area contributed by atoms with Crippen LogP contribution in [0.4, 0.5) is 0 Å². The van der Waals surface area contributed by atoms with Crippen molar-refractivity contribution in [3.63, 3.8) is 0 Å². The number of H-pyrrole nitrogens is 1. The number of aliphatic hydroxyl groups is 2. The number of aliphatic hydroxyl groups excluding tert-OH is 2. The van der Waals surface area contributed by atoms with Crippen molar-refractivity contribution < 1.29 is 97.1 Å². The van der Waals surface area contributed by atoms with E-state index < -0.39 is 223 Å². The number of carboxylic acids is 1. The van der Waals surface area contributed by atoms with Crippen LogP contribution in [0.5, 0.6) is 5.75 Å². The van der Waals surface area contributed by atoms with Crippen LogP contribution in [-0.2, 0) is 96.0 Å². The van der Waals surface area contributed by atoms with E-state index in [1.165, 1.54) is 48.6 Å². The molecule has 2 aromatic carbocycles. The fraction of sp³-hybridized carbons (Fsp3) is 0.577. The van der Waals surface area contributed by atoms with Gasteiger partial charge in [0.05, 0.1) is 44.1 Å². The number of unbranched alkanes of at least 4 members (excludes halogenated alkanes) is 1. The Labute approximate surface area is 711 Å². The highest BCUT2D eigenvalue weighted by molar-refractivity contribution is 6.00. The molecule has 1 aliphatic heterocycles. The smallest absolute Gasteiger partial charge is 0.326 e. The summed E-state index contributed by atoms with van der Waals surface area (Å²) >= 11 is 0. The zero-order chi connectivity index (χ0) is 91.7. The van der Waals surface area contributed by atoms with Gasteiger partial charge < -0.3 is 139 Å². The molecule has 45 nitrogen and oxygen atoms in total. The number of rotatable bonds is 54. The highest BCUT2D eigenvalue weighted by Crippen LogP contribution is 2.20. The van der Waals surface area contributed by atoms with Crippen molar-refractivity contribution in [3.8, 4) is 5.75 Å². The number of phenolic OH excluding ortho intramolecular Hbond substituents is 1. The number of imidazole rings is 1. The number of phenols is 1. The average Bonchev–Trinajstić information content (AvgIpc) is 1.82. The van der Waals surface area contributed by atoms with Gasteiger partial charge in [-0.05, 0) is 120 Å². The number of amides is 15. The molecule has 0 radical (unpaired) electrons. The molecule has 1 saturated heterocycles. The molecule has 1 aromatic heterocycles. The van der Waals surface area contributed by atoms with Crippen molar-refractivity contribution in [2.75, 3.05) is 39.3 Å². The second kappa shape index (κ2) is 52.5. The molecule has 0 spiro atoms. The second-order valence-electron chi connectivity index (χ2n) is 30.2. The van der Waals surface area contributed by atoms with E-state index in [4.69, 9.17) is 39.5 Å². The number of primary amides is 1. The highest BCUT2D eigenvalue weighted by Gasteiger charge is 2.41. The molecule has 15 amide bonds. The van der Waals surface area contributed by atoms with Crippen molar-refractivity contribution in [1.82, 2.24) is 94.6 Å². The topological polar surface area (TPSA) is 744 Å². The zero-order valence-electron chi connectivity index (χ0n) is 70.1. The van der Waals surface area contributed by atoms with Gasteiger partial charge in [-0.2, -0.15) is 0 Å². The molecule has 3 aromatic rings. The molecule has 123 heavy (non-hydrogen) atoms. The number of nitrogens with zero attached hydrogens (tertiary/aromatic N) is 2. The molecule has 17 atom stereocenters. The summed E-state index contributed by atoms with van der Waals surface area (Å²) in [6.45, 7) is 9.53. The fourth-order valence-corrected chi connectivity index (χ4v) is 12.8. The highest BCUT2D eigenvalue weighted by atomic mass is 16.4. The third-order valence-corrected chi connectivity index (χ3v) is 20.3. The number of carbonyl (C=O) groups excluding carboxylic acids is 15. The van der Waals surface area contributed by atoms with Crippen molar-refractivity contribution in [3.05, 3.63) is 83.9 Å². The Bertz CT molecular complexity index is 4070. The van der Waals surface area contributed by atoms with Crippen LogP contribution in [0.2, 0.25) is 0 Å². The van der Waals surface area contributed by atoms with E-state index in [0.29, 0.717) is 48.9 Å². The number of hydrogen-bond donors (Lipinski definition) is 27. The summed E-state index contributed by atoms with van der Waals surface area (Å²) in [5, 5.41) is 94.4. The largest absolute Gasteiger partial charge is 0.508 e. The SMILES string of the molecule is CC[C@H](C)[C@H](NC(=O)[C@H](Cc1cnc[nH]1)NC(=O)[C@@H](NC(=O)[C@@H](N)CCCNC(=N)N)[C@@H](C)CC)C(=O)NCC(=O)N1CCC[C@H]1C(=O)NCC(=O)N[C@@H](CCCNC(=N)N)C(=O)N[C@@H](C)C(=O)N[C@@H](Cc1ccccc1)C(=O)N[C@@H](Cc1ccc(O)cc1)C(=O)N[C@H](C(=O)N[C@H](C(=O)N[C@@H](CCCCN)C(=O)N[C@@H](CC(N)=O)C(=O)O)[C@@H](C)O)[C@@H](C)O. The van der Waals surface area contributed by atoms with Crippen molar-refractivity contribution >= 4 is 106 Å². The lowest BCUT2D eigenvalue weighted by Crippen LogP contribution is -2.63. The minimum atomic E-state index is -1.97. The monoisotopic (exact) mass is 1730 g/mol. The van der Waals surface area contributed by atoms with Gasteiger partial charge >= 0.3 is 5.97 Å². The molecule has 45 heteroatoms. The van der Waals surface area contributed by atoms with E-state index in [1.807, 2.05) is 0 Å². The quantitative estimate of drug-likeness (QED) is 0.0142. The maximum absolute atomic E-state index is 14.8. The van der Waals surface area contributed by atoms with Gasteiger partial charge in [-0.25, -0.2) is 9.78 Å². The molecule has 680 valence electrons. The number of likely N-dealkylation sites (tertiary alicyclic amines) is 1. The maximum Gasteiger partial charge on any atom is 0.326 e. The van der Waals surface area contributed by atoms with Gasteiger partial charge in [-0.15, -0.1) is 0 Å². The number of aromatic hydroxyl groups is 1. The number of nitrogens with one attached hydrogen (secondary N) is 18. The van der Waals surface area contributed by atoms with Crippen LogP contribution in [0, 0.1) is 22.7 Å². The fourth-order valence-electron chi connectivity index (χ4n) is 12.8. The number of nitrogens with two attached hydrogens (primary N) is 5. The number of carbonyl (C=O) groups is 16. The Balaban J connectivity index is 1.49. The number of aromatic amines is 1. The molecule has 0 bridgehead atoms. The summed E-state index contributed by atoms with van der Waals surface area (Å²) in [5.74, 6) is -17.5. The Hall–Kier alpha value is -12.6. The Morgan fingerprint density at radius 3 is 1.52 bits per heavy atom. The second-order valence-corrected chi connectivity index (χ2v) is 30.2. The molecule has 0 aliphatic carbocycles. The van der Waals surface area contributed by atoms with Crippen molar-refractivity contribution in [1.29, 1.82) is 10.8 Å². The molecular weight excluding hydrogens is 1610 g/mol. The normalized spacial score (nSPS) is 16.2. The maximum atomic E-state index is 14.8. The summed E-state index contributed by atoms with van der Waals surface area (Å²) in [6, 6.07) is -5.88. The van der Waals surface area contributed by atoms with Gasteiger partial charge in [-0.1, -0.05) is 83.0 Å². The molecule has 0 saturated carbocycles. The Morgan fingerprint density at radius 1 is 0.512 bits per heavy atom. The predicted molar refractivity (Wildman–Crippen MR) is 445 cm³/mol. The minimum Gasteiger partial charge on any atom is -0.508 e. The molecule has 1 fully saturated rings. The van der Waals surface area contributed by atoms with Gasteiger partial charge in [0, 0.05) is 50.8 Å². The Morgan fingerprint density at radius 2 is 0.976 bits per heavy atom. The van der Waals surface area contributed by atoms with Crippen LogP contribution in [-0.4, -0.2) is 272 Å². The van der Waals surface area contributed by atoms with E-state index >= 15 is 0 Å². The summed E-state index contributed by atoms with van der Waals surface area (Å²) in [4.78, 5) is 228. The third-order valence-electron chi connectivity index (χ3n) is 20.3. The van der Waals surface area contributed by atoms with Crippen LogP contribution in [0.25, 0.3) is 0 Å². The molecule has 4 rings (SSSR count). The first kappa shape index (κ1) is 103. The summed E-state index contributed by atoms with van der Waals surface area (Å²) in [5.41, 5.74) is 29.0. The average molecular weight is 1730 g/mol. The predicted octanol–water partition coefficient (Wildman–Crippen LogP) is -7.48. The van der Waals surface area contributed by atoms with Gasteiger partial charge in [0.15, 0.2) is 11.9 Å². The minimum absolute atomic E-state index is 0.0260. The van der Waals surface area contributed by atoms with E-state index in [2.05, 4.69) is 89.7 Å².